The van der Waals surface area contributed by atoms with Crippen LogP contribution in [0.2, 0.25) is 0 Å². The quantitative estimate of drug-likeness (QED) is 0.542. The molecule has 0 saturated heterocycles. The highest BCUT2D eigenvalue weighted by molar-refractivity contribution is 5.69. The first-order valence-corrected chi connectivity index (χ1v) is 7.73. The number of ether oxygens (including phenoxy) is 2. The lowest BCUT2D eigenvalue weighted by Gasteiger charge is -2.61. The fourth-order valence-electron chi connectivity index (χ4n) is 3.47. The number of hydrogen-bond donors (Lipinski definition) is 1. The topological polar surface area (TPSA) is 47.6 Å². The fourth-order valence-corrected chi connectivity index (χ4v) is 3.47. The molecule has 1 N–H and O–H groups in total. The van der Waals surface area contributed by atoms with Crippen molar-refractivity contribution in [3.05, 3.63) is 0 Å². The van der Waals surface area contributed by atoms with Crippen molar-refractivity contribution in [1.82, 2.24) is 5.32 Å². The average molecular weight is 269 g/mol. The van der Waals surface area contributed by atoms with E-state index in [4.69, 9.17) is 9.47 Å². The van der Waals surface area contributed by atoms with Gasteiger partial charge in [-0.1, -0.05) is 6.42 Å². The molecule has 4 heteroatoms. The molecule has 2 fully saturated rings. The van der Waals surface area contributed by atoms with Crippen LogP contribution in [0.5, 0.6) is 0 Å². The van der Waals surface area contributed by atoms with Gasteiger partial charge in [0.25, 0.3) is 0 Å². The Morgan fingerprint density at radius 3 is 2.68 bits per heavy atom. The van der Waals surface area contributed by atoms with E-state index in [-0.39, 0.29) is 5.97 Å². The molecule has 2 atom stereocenters. The van der Waals surface area contributed by atoms with E-state index in [1.54, 1.807) is 0 Å². The minimum Gasteiger partial charge on any atom is -0.466 e. The highest BCUT2D eigenvalue weighted by Crippen LogP contribution is 2.57. The second-order valence-electron chi connectivity index (χ2n) is 5.68. The Labute approximate surface area is 116 Å². The number of carbonyl (C=O) groups excluding carboxylic acids is 1. The van der Waals surface area contributed by atoms with Gasteiger partial charge in [0.15, 0.2) is 0 Å². The molecule has 19 heavy (non-hydrogen) atoms. The van der Waals surface area contributed by atoms with Crippen molar-refractivity contribution < 1.29 is 14.3 Å². The standard InChI is InChI=1S/C15H27NO3/c1-3-18-13-11-12(15(13)8-6-9-15)16-10-5-7-14(17)19-4-2/h12-13,16H,3-11H2,1-2H3. The maximum atomic E-state index is 11.2. The monoisotopic (exact) mass is 269 g/mol. The Hall–Kier alpha value is -0.610. The van der Waals surface area contributed by atoms with Crippen LogP contribution < -0.4 is 5.32 Å². The Morgan fingerprint density at radius 1 is 1.32 bits per heavy atom. The van der Waals surface area contributed by atoms with Crippen LogP contribution in [0.1, 0.15) is 52.4 Å². The lowest BCUT2D eigenvalue weighted by molar-refractivity contribution is -0.172. The molecule has 2 aliphatic carbocycles. The van der Waals surface area contributed by atoms with Crippen molar-refractivity contribution >= 4 is 5.97 Å². The van der Waals surface area contributed by atoms with Gasteiger partial charge in [0.05, 0.1) is 12.7 Å². The molecule has 1 spiro atoms. The summed E-state index contributed by atoms with van der Waals surface area (Å²) in [5.74, 6) is -0.0801. The van der Waals surface area contributed by atoms with Gasteiger partial charge >= 0.3 is 5.97 Å². The molecular formula is C15H27NO3. The molecule has 0 aromatic rings. The van der Waals surface area contributed by atoms with E-state index < -0.39 is 0 Å². The largest absolute Gasteiger partial charge is 0.466 e. The van der Waals surface area contributed by atoms with Crippen LogP contribution >= 0.6 is 0 Å². The second-order valence-corrected chi connectivity index (χ2v) is 5.68. The Kier molecular flexibility index (Phi) is 5.22. The van der Waals surface area contributed by atoms with Gasteiger partial charge < -0.3 is 14.8 Å². The van der Waals surface area contributed by atoms with E-state index in [0.717, 1.165) is 26.0 Å². The average Bonchev–Trinajstić information content (AvgIpc) is 2.30. The van der Waals surface area contributed by atoms with E-state index in [1.165, 1.54) is 19.3 Å². The molecule has 0 bridgehead atoms. The fraction of sp³-hybridized carbons (Fsp3) is 0.933. The highest BCUT2D eigenvalue weighted by Gasteiger charge is 2.58. The van der Waals surface area contributed by atoms with E-state index in [9.17, 15) is 4.79 Å². The number of esters is 1. The third-order valence-corrected chi connectivity index (χ3v) is 4.69. The summed E-state index contributed by atoms with van der Waals surface area (Å²) in [6.45, 7) is 6.13. The molecule has 0 aliphatic heterocycles. The molecule has 2 saturated carbocycles. The number of nitrogens with one attached hydrogen (secondary N) is 1. The number of carbonyl (C=O) groups is 1. The van der Waals surface area contributed by atoms with Gasteiger partial charge in [-0.2, -0.15) is 0 Å². The van der Waals surface area contributed by atoms with Crippen LogP contribution in [0.3, 0.4) is 0 Å². The molecule has 2 aliphatic rings. The van der Waals surface area contributed by atoms with Crippen molar-refractivity contribution in [3.63, 3.8) is 0 Å². The van der Waals surface area contributed by atoms with Crippen LogP contribution in [0.4, 0.5) is 0 Å². The van der Waals surface area contributed by atoms with Gasteiger partial charge in [-0.05, 0) is 46.1 Å². The lowest BCUT2D eigenvalue weighted by Crippen LogP contribution is -2.66. The maximum Gasteiger partial charge on any atom is 0.305 e. The van der Waals surface area contributed by atoms with Gasteiger partial charge in [-0.15, -0.1) is 0 Å². The summed E-state index contributed by atoms with van der Waals surface area (Å²) in [5, 5.41) is 3.61. The molecular weight excluding hydrogens is 242 g/mol. The zero-order valence-electron chi connectivity index (χ0n) is 12.2. The van der Waals surface area contributed by atoms with Gasteiger partial charge in [0, 0.05) is 24.5 Å². The van der Waals surface area contributed by atoms with Crippen molar-refractivity contribution in [2.75, 3.05) is 19.8 Å². The SMILES string of the molecule is CCOC(=O)CCCNC1CC(OCC)C12CCC2. The van der Waals surface area contributed by atoms with Gasteiger partial charge in [0.2, 0.25) is 0 Å². The Balaban J connectivity index is 1.63. The van der Waals surface area contributed by atoms with Gasteiger partial charge in [-0.25, -0.2) is 0 Å². The predicted octanol–water partition coefficient (Wildman–Crippen LogP) is 2.27. The molecule has 0 aromatic carbocycles. The zero-order valence-corrected chi connectivity index (χ0v) is 12.2. The minimum atomic E-state index is -0.0801. The zero-order chi connectivity index (χ0) is 13.7. The molecule has 2 rings (SSSR count). The van der Waals surface area contributed by atoms with Crippen LogP contribution in [-0.4, -0.2) is 37.9 Å². The summed E-state index contributed by atoms with van der Waals surface area (Å²) in [7, 11) is 0. The van der Waals surface area contributed by atoms with E-state index in [2.05, 4.69) is 12.2 Å². The summed E-state index contributed by atoms with van der Waals surface area (Å²) in [6.07, 6.45) is 6.92. The van der Waals surface area contributed by atoms with Crippen molar-refractivity contribution in [2.45, 2.75) is 64.5 Å². The summed E-state index contributed by atoms with van der Waals surface area (Å²) < 4.78 is 10.8. The minimum absolute atomic E-state index is 0.0801. The van der Waals surface area contributed by atoms with Gasteiger partial charge in [0.1, 0.15) is 0 Å². The smallest absolute Gasteiger partial charge is 0.305 e. The summed E-state index contributed by atoms with van der Waals surface area (Å²) in [5.41, 5.74) is 0.417. The second kappa shape index (κ2) is 6.71. The van der Waals surface area contributed by atoms with Crippen LogP contribution in [0, 0.1) is 5.41 Å². The third-order valence-electron chi connectivity index (χ3n) is 4.69. The predicted molar refractivity (Wildman–Crippen MR) is 74.0 cm³/mol. The van der Waals surface area contributed by atoms with E-state index in [1.807, 2.05) is 6.92 Å². The molecule has 110 valence electrons. The summed E-state index contributed by atoms with van der Waals surface area (Å²) in [6, 6.07) is 0.597. The summed E-state index contributed by atoms with van der Waals surface area (Å²) >= 11 is 0. The maximum absolute atomic E-state index is 11.2. The normalized spacial score (nSPS) is 27.7. The van der Waals surface area contributed by atoms with E-state index in [0.29, 0.717) is 30.6 Å². The van der Waals surface area contributed by atoms with Crippen molar-refractivity contribution in [1.29, 1.82) is 0 Å². The Morgan fingerprint density at radius 2 is 2.11 bits per heavy atom. The van der Waals surface area contributed by atoms with E-state index >= 15 is 0 Å². The first kappa shape index (κ1) is 14.8. The summed E-state index contributed by atoms with van der Waals surface area (Å²) in [4.78, 5) is 11.2. The van der Waals surface area contributed by atoms with Crippen molar-refractivity contribution in [3.8, 4) is 0 Å². The third kappa shape index (κ3) is 3.11. The van der Waals surface area contributed by atoms with Crippen molar-refractivity contribution in [2.24, 2.45) is 5.41 Å². The van der Waals surface area contributed by atoms with Crippen LogP contribution in [0.15, 0.2) is 0 Å². The molecule has 2 unspecified atom stereocenters. The Bertz CT molecular complexity index is 302. The molecule has 0 heterocycles. The number of rotatable bonds is 8. The molecule has 4 nitrogen and oxygen atoms in total. The molecule has 0 radical (unpaired) electrons. The molecule has 0 aromatic heterocycles. The highest BCUT2D eigenvalue weighted by atomic mass is 16.5. The first-order chi connectivity index (χ1) is 9.23. The van der Waals surface area contributed by atoms with Gasteiger partial charge in [-0.3, -0.25) is 4.79 Å². The van der Waals surface area contributed by atoms with Crippen LogP contribution in [0.25, 0.3) is 0 Å². The van der Waals surface area contributed by atoms with Crippen LogP contribution in [-0.2, 0) is 14.3 Å². The number of hydrogen-bond acceptors (Lipinski definition) is 4. The lowest BCUT2D eigenvalue weighted by atomic mass is 9.51. The first-order valence-electron chi connectivity index (χ1n) is 7.73. The molecule has 0 amide bonds.